The maximum atomic E-state index is 11.4. The van der Waals surface area contributed by atoms with Gasteiger partial charge >= 0.3 is 0 Å². The van der Waals surface area contributed by atoms with Crippen LogP contribution in [0.25, 0.3) is 0 Å². The Balaban J connectivity index is 2.18. The molecule has 0 aromatic carbocycles. The third kappa shape index (κ3) is 5.67. The van der Waals surface area contributed by atoms with E-state index in [9.17, 15) is 8.42 Å². The van der Waals surface area contributed by atoms with E-state index in [0.29, 0.717) is 11.5 Å². The molecule has 0 spiro atoms. The lowest BCUT2D eigenvalue weighted by atomic mass is 9.94. The number of rotatable bonds is 9. The molecule has 0 aromatic rings. The predicted octanol–water partition coefficient (Wildman–Crippen LogP) is 2.00. The molecule has 108 valence electrons. The van der Waals surface area contributed by atoms with Gasteiger partial charge in [0.05, 0.1) is 11.5 Å². The van der Waals surface area contributed by atoms with E-state index in [-0.39, 0.29) is 12.0 Å². The SMILES string of the molecule is CCCCCCCCC(NN)C1CCS(=O)(=O)C1. The van der Waals surface area contributed by atoms with Crippen LogP contribution < -0.4 is 11.3 Å². The normalized spacial score (nSPS) is 24.2. The number of hydrogen-bond donors (Lipinski definition) is 2. The van der Waals surface area contributed by atoms with Gasteiger partial charge in [-0.3, -0.25) is 11.3 Å². The van der Waals surface area contributed by atoms with E-state index in [1.54, 1.807) is 0 Å². The van der Waals surface area contributed by atoms with Gasteiger partial charge in [0.15, 0.2) is 9.84 Å². The molecule has 1 fully saturated rings. The van der Waals surface area contributed by atoms with Crippen molar-refractivity contribution in [3.8, 4) is 0 Å². The Morgan fingerprint density at radius 3 is 2.44 bits per heavy atom. The summed E-state index contributed by atoms with van der Waals surface area (Å²) in [4.78, 5) is 0. The minimum Gasteiger partial charge on any atom is -0.271 e. The molecule has 1 saturated heterocycles. The maximum absolute atomic E-state index is 11.4. The van der Waals surface area contributed by atoms with Crippen molar-refractivity contribution in [2.45, 2.75) is 64.3 Å². The van der Waals surface area contributed by atoms with Crippen LogP contribution in [0, 0.1) is 5.92 Å². The van der Waals surface area contributed by atoms with Gasteiger partial charge < -0.3 is 0 Å². The summed E-state index contributed by atoms with van der Waals surface area (Å²) < 4.78 is 22.9. The van der Waals surface area contributed by atoms with E-state index in [2.05, 4.69) is 12.3 Å². The van der Waals surface area contributed by atoms with Gasteiger partial charge in [-0.05, 0) is 18.8 Å². The Kier molecular flexibility index (Phi) is 7.19. The van der Waals surface area contributed by atoms with Crippen LogP contribution in [0.2, 0.25) is 0 Å². The van der Waals surface area contributed by atoms with Crippen molar-refractivity contribution in [3.63, 3.8) is 0 Å². The molecule has 0 radical (unpaired) electrons. The summed E-state index contributed by atoms with van der Waals surface area (Å²) in [5, 5.41) is 0. The third-order valence-corrected chi connectivity index (χ3v) is 5.71. The second-order valence-electron chi connectivity index (χ2n) is 5.49. The highest BCUT2D eigenvalue weighted by molar-refractivity contribution is 7.91. The van der Waals surface area contributed by atoms with Crippen molar-refractivity contribution in [1.82, 2.24) is 5.43 Å². The number of hydrogen-bond acceptors (Lipinski definition) is 4. The fraction of sp³-hybridized carbons (Fsp3) is 1.00. The predicted molar refractivity (Wildman–Crippen MR) is 75.9 cm³/mol. The fourth-order valence-electron chi connectivity index (χ4n) is 2.74. The van der Waals surface area contributed by atoms with E-state index in [1.807, 2.05) is 0 Å². The fourth-order valence-corrected chi connectivity index (χ4v) is 4.62. The highest BCUT2D eigenvalue weighted by atomic mass is 32.2. The summed E-state index contributed by atoms with van der Waals surface area (Å²) in [5.74, 6) is 6.43. The summed E-state index contributed by atoms with van der Waals surface area (Å²) in [6, 6.07) is 0.174. The zero-order valence-electron chi connectivity index (χ0n) is 11.5. The minimum absolute atomic E-state index is 0.174. The van der Waals surface area contributed by atoms with E-state index < -0.39 is 9.84 Å². The van der Waals surface area contributed by atoms with Crippen LogP contribution in [0.3, 0.4) is 0 Å². The van der Waals surface area contributed by atoms with Crippen molar-refractivity contribution in [2.24, 2.45) is 11.8 Å². The summed E-state index contributed by atoms with van der Waals surface area (Å²) >= 11 is 0. The summed E-state index contributed by atoms with van der Waals surface area (Å²) in [6.45, 7) is 2.22. The molecule has 4 nitrogen and oxygen atoms in total. The molecular formula is C13H28N2O2S. The monoisotopic (exact) mass is 276 g/mol. The molecule has 18 heavy (non-hydrogen) atoms. The van der Waals surface area contributed by atoms with Gasteiger partial charge in [-0.25, -0.2) is 8.42 Å². The van der Waals surface area contributed by atoms with Gasteiger partial charge in [-0.2, -0.15) is 0 Å². The van der Waals surface area contributed by atoms with Crippen molar-refractivity contribution >= 4 is 9.84 Å². The minimum atomic E-state index is -2.79. The van der Waals surface area contributed by atoms with E-state index in [4.69, 9.17) is 5.84 Å². The Labute approximate surface area is 112 Å². The Hall–Kier alpha value is -0.130. The van der Waals surface area contributed by atoms with Gasteiger partial charge in [0.1, 0.15) is 0 Å². The summed E-state index contributed by atoms with van der Waals surface area (Å²) in [6.07, 6.45) is 9.35. The lowest BCUT2D eigenvalue weighted by molar-refractivity contribution is 0.354. The highest BCUT2D eigenvalue weighted by Crippen LogP contribution is 2.24. The third-order valence-electron chi connectivity index (χ3n) is 3.92. The van der Waals surface area contributed by atoms with Crippen LogP contribution in [0.15, 0.2) is 0 Å². The second kappa shape index (κ2) is 8.12. The van der Waals surface area contributed by atoms with Crippen molar-refractivity contribution in [1.29, 1.82) is 0 Å². The molecule has 1 rings (SSSR count). The van der Waals surface area contributed by atoms with Crippen LogP contribution in [0.5, 0.6) is 0 Å². The van der Waals surface area contributed by atoms with E-state index in [0.717, 1.165) is 19.3 Å². The molecule has 3 N–H and O–H groups in total. The van der Waals surface area contributed by atoms with Gasteiger partial charge in [-0.15, -0.1) is 0 Å². The van der Waals surface area contributed by atoms with Gasteiger partial charge in [0.25, 0.3) is 0 Å². The first-order valence-corrected chi connectivity index (χ1v) is 9.07. The lowest BCUT2D eigenvalue weighted by Crippen LogP contribution is -2.41. The first-order chi connectivity index (χ1) is 8.59. The number of sulfone groups is 1. The standard InChI is InChI=1S/C13H28N2O2S/c1-2-3-4-5-6-7-8-13(15-14)12-9-10-18(16,17)11-12/h12-13,15H,2-11,14H2,1H3. The van der Waals surface area contributed by atoms with Crippen molar-refractivity contribution in [3.05, 3.63) is 0 Å². The first kappa shape index (κ1) is 15.9. The van der Waals surface area contributed by atoms with E-state index in [1.165, 1.54) is 32.1 Å². The van der Waals surface area contributed by atoms with Gasteiger partial charge in [0, 0.05) is 6.04 Å². The zero-order valence-corrected chi connectivity index (χ0v) is 12.3. The van der Waals surface area contributed by atoms with Gasteiger partial charge in [0.2, 0.25) is 0 Å². The average Bonchev–Trinajstić information content (AvgIpc) is 2.69. The quantitative estimate of drug-likeness (QED) is 0.384. The largest absolute Gasteiger partial charge is 0.271 e. The molecule has 2 unspecified atom stereocenters. The molecule has 1 aliphatic rings. The average molecular weight is 276 g/mol. The van der Waals surface area contributed by atoms with E-state index >= 15 is 0 Å². The van der Waals surface area contributed by atoms with Crippen LogP contribution >= 0.6 is 0 Å². The summed E-state index contributed by atoms with van der Waals surface area (Å²) in [5.41, 5.74) is 2.82. The Bertz CT molecular complexity index is 317. The van der Waals surface area contributed by atoms with Crippen molar-refractivity contribution in [2.75, 3.05) is 11.5 Å². The number of nitrogens with two attached hydrogens (primary N) is 1. The Morgan fingerprint density at radius 1 is 1.22 bits per heavy atom. The number of hydrazine groups is 1. The van der Waals surface area contributed by atoms with Gasteiger partial charge in [-0.1, -0.05) is 45.4 Å². The Morgan fingerprint density at radius 2 is 1.89 bits per heavy atom. The lowest BCUT2D eigenvalue weighted by Gasteiger charge is -2.21. The molecule has 2 atom stereocenters. The first-order valence-electron chi connectivity index (χ1n) is 7.25. The molecule has 0 aliphatic carbocycles. The second-order valence-corrected chi connectivity index (χ2v) is 7.72. The molecule has 0 aromatic heterocycles. The highest BCUT2D eigenvalue weighted by Gasteiger charge is 2.32. The van der Waals surface area contributed by atoms with Crippen molar-refractivity contribution < 1.29 is 8.42 Å². The number of unbranched alkanes of at least 4 members (excludes halogenated alkanes) is 5. The smallest absolute Gasteiger partial charge is 0.150 e. The molecule has 1 aliphatic heterocycles. The molecular weight excluding hydrogens is 248 g/mol. The molecule has 0 amide bonds. The molecule has 5 heteroatoms. The summed E-state index contributed by atoms with van der Waals surface area (Å²) in [7, 11) is -2.79. The topological polar surface area (TPSA) is 72.2 Å². The van der Waals surface area contributed by atoms with Crippen LogP contribution in [0.4, 0.5) is 0 Å². The maximum Gasteiger partial charge on any atom is 0.150 e. The zero-order chi connectivity index (χ0) is 13.4. The molecule has 1 heterocycles. The van der Waals surface area contributed by atoms with Crippen LogP contribution in [-0.2, 0) is 9.84 Å². The molecule has 0 saturated carbocycles. The number of nitrogens with one attached hydrogen (secondary N) is 1. The van der Waals surface area contributed by atoms with Crippen LogP contribution in [0.1, 0.15) is 58.3 Å². The van der Waals surface area contributed by atoms with Crippen LogP contribution in [-0.4, -0.2) is 26.0 Å². The molecule has 0 bridgehead atoms.